The summed E-state index contributed by atoms with van der Waals surface area (Å²) in [5, 5.41) is 0. The molecule has 112 valence electrons. The third kappa shape index (κ3) is 3.61. The van der Waals surface area contributed by atoms with E-state index in [2.05, 4.69) is 6.92 Å². The molecule has 4 nitrogen and oxygen atoms in total. The van der Waals surface area contributed by atoms with Crippen LogP contribution in [0.5, 0.6) is 0 Å². The van der Waals surface area contributed by atoms with E-state index in [1.165, 1.54) is 24.5 Å². The smallest absolute Gasteiger partial charge is 0.267 e. The monoisotopic (exact) mass is 305 g/mol. The fourth-order valence-corrected chi connectivity index (χ4v) is 3.30. The van der Waals surface area contributed by atoms with Gasteiger partial charge in [0.25, 0.3) is 10.0 Å². The molecule has 2 aromatic rings. The van der Waals surface area contributed by atoms with Crippen molar-refractivity contribution in [3.63, 3.8) is 0 Å². The van der Waals surface area contributed by atoms with E-state index < -0.39 is 10.0 Å². The zero-order valence-corrected chi connectivity index (χ0v) is 12.8. The van der Waals surface area contributed by atoms with Gasteiger partial charge >= 0.3 is 0 Å². The summed E-state index contributed by atoms with van der Waals surface area (Å²) in [4.78, 5) is 12.2. The highest BCUT2D eigenvalue weighted by molar-refractivity contribution is 7.90. The van der Waals surface area contributed by atoms with Gasteiger partial charge in [0, 0.05) is 24.4 Å². The van der Waals surface area contributed by atoms with Crippen molar-refractivity contribution in [1.82, 2.24) is 3.97 Å². The molecule has 0 N–H and O–H groups in total. The molecule has 0 fully saturated rings. The lowest BCUT2D eigenvalue weighted by atomic mass is 10.1. The topological polar surface area (TPSA) is 56.1 Å². The third-order valence-corrected chi connectivity index (χ3v) is 4.97. The Balaban J connectivity index is 2.18. The van der Waals surface area contributed by atoms with E-state index in [9.17, 15) is 13.2 Å². The minimum atomic E-state index is -3.61. The standard InChI is InChI=1S/C16H19NO3S/c1-2-3-5-10-16(18)14-11-12-17(13-14)21(19,20)15-8-6-4-7-9-15/h4,6-9,11-13H,2-3,5,10H2,1H3. The minimum absolute atomic E-state index is 0.00883. The molecule has 0 bridgehead atoms. The van der Waals surface area contributed by atoms with Crippen LogP contribution < -0.4 is 0 Å². The maximum Gasteiger partial charge on any atom is 0.267 e. The van der Waals surface area contributed by atoms with Gasteiger partial charge in [-0.3, -0.25) is 4.79 Å². The second-order valence-corrected chi connectivity index (χ2v) is 6.77. The second kappa shape index (κ2) is 6.72. The van der Waals surface area contributed by atoms with Crippen LogP contribution in [0.15, 0.2) is 53.7 Å². The summed E-state index contributed by atoms with van der Waals surface area (Å²) in [6, 6.07) is 9.75. The van der Waals surface area contributed by atoms with Crippen LogP contribution in [0.3, 0.4) is 0 Å². The number of nitrogens with zero attached hydrogens (tertiary/aromatic N) is 1. The van der Waals surface area contributed by atoms with Crippen LogP contribution in [0.1, 0.15) is 43.0 Å². The minimum Gasteiger partial charge on any atom is -0.294 e. The van der Waals surface area contributed by atoms with Crippen LogP contribution >= 0.6 is 0 Å². The number of ketones is 1. The number of Topliss-reactive ketones (excluding diaryl/α,β-unsaturated/α-hetero) is 1. The number of unbranched alkanes of at least 4 members (excludes halogenated alkanes) is 2. The van der Waals surface area contributed by atoms with Crippen molar-refractivity contribution >= 4 is 15.8 Å². The van der Waals surface area contributed by atoms with Crippen LogP contribution in [-0.4, -0.2) is 18.2 Å². The zero-order chi connectivity index (χ0) is 15.3. The van der Waals surface area contributed by atoms with Gasteiger partial charge in [-0.25, -0.2) is 12.4 Å². The van der Waals surface area contributed by atoms with Crippen LogP contribution in [0.4, 0.5) is 0 Å². The maximum atomic E-state index is 12.4. The molecule has 5 heteroatoms. The van der Waals surface area contributed by atoms with Crippen molar-refractivity contribution in [2.75, 3.05) is 0 Å². The van der Waals surface area contributed by atoms with Gasteiger partial charge < -0.3 is 0 Å². The average molecular weight is 305 g/mol. The SMILES string of the molecule is CCCCCC(=O)c1ccn(S(=O)(=O)c2ccccc2)c1. The fourth-order valence-electron chi connectivity index (χ4n) is 2.09. The van der Waals surface area contributed by atoms with Gasteiger partial charge in [-0.2, -0.15) is 0 Å². The van der Waals surface area contributed by atoms with Gasteiger partial charge in [-0.15, -0.1) is 0 Å². The van der Waals surface area contributed by atoms with Gasteiger partial charge in [0.2, 0.25) is 0 Å². The van der Waals surface area contributed by atoms with E-state index >= 15 is 0 Å². The molecular weight excluding hydrogens is 286 g/mol. The molecule has 1 aromatic carbocycles. The van der Waals surface area contributed by atoms with Gasteiger partial charge in [-0.05, 0) is 24.6 Å². The van der Waals surface area contributed by atoms with E-state index in [1.807, 2.05) is 0 Å². The second-order valence-electron chi connectivity index (χ2n) is 4.93. The van der Waals surface area contributed by atoms with Gasteiger partial charge in [0.15, 0.2) is 5.78 Å². The number of benzene rings is 1. The molecule has 0 saturated heterocycles. The van der Waals surface area contributed by atoms with Crippen molar-refractivity contribution in [1.29, 1.82) is 0 Å². The number of rotatable bonds is 7. The summed E-state index contributed by atoms with van der Waals surface area (Å²) >= 11 is 0. The van der Waals surface area contributed by atoms with E-state index in [4.69, 9.17) is 0 Å². The average Bonchev–Trinajstić information content (AvgIpc) is 2.99. The Morgan fingerprint density at radius 3 is 2.48 bits per heavy atom. The Bertz CT molecular complexity index is 702. The Labute approximate surface area is 125 Å². The lowest BCUT2D eigenvalue weighted by Gasteiger charge is -2.04. The quantitative estimate of drug-likeness (QED) is 0.581. The van der Waals surface area contributed by atoms with E-state index in [1.54, 1.807) is 24.3 Å². The van der Waals surface area contributed by atoms with Gasteiger partial charge in [-0.1, -0.05) is 38.0 Å². The number of carbonyl (C=O) groups is 1. The van der Waals surface area contributed by atoms with E-state index in [0.717, 1.165) is 23.2 Å². The summed E-state index contributed by atoms with van der Waals surface area (Å²) in [6.07, 6.45) is 6.19. The van der Waals surface area contributed by atoms with E-state index in [0.29, 0.717) is 12.0 Å². The molecule has 0 amide bonds. The molecule has 0 spiro atoms. The maximum absolute atomic E-state index is 12.4. The Morgan fingerprint density at radius 2 is 1.81 bits per heavy atom. The van der Waals surface area contributed by atoms with Crippen LogP contribution in [0.2, 0.25) is 0 Å². The summed E-state index contributed by atoms with van der Waals surface area (Å²) in [5.74, 6) is -0.00883. The van der Waals surface area contributed by atoms with E-state index in [-0.39, 0.29) is 10.7 Å². The van der Waals surface area contributed by atoms with Crippen molar-refractivity contribution in [3.05, 3.63) is 54.4 Å². The molecule has 0 atom stereocenters. The first kappa shape index (κ1) is 15.5. The molecule has 1 aromatic heterocycles. The zero-order valence-electron chi connectivity index (χ0n) is 12.0. The van der Waals surface area contributed by atoms with Crippen molar-refractivity contribution in [2.45, 2.75) is 37.5 Å². The number of hydrogen-bond acceptors (Lipinski definition) is 3. The van der Waals surface area contributed by atoms with Gasteiger partial charge in [0.1, 0.15) is 0 Å². The first-order valence-corrected chi connectivity index (χ1v) is 8.51. The molecule has 0 saturated carbocycles. The molecule has 0 aliphatic rings. The Morgan fingerprint density at radius 1 is 1.10 bits per heavy atom. The normalized spacial score (nSPS) is 11.5. The lowest BCUT2D eigenvalue weighted by Crippen LogP contribution is -2.11. The first-order chi connectivity index (χ1) is 10.1. The largest absolute Gasteiger partial charge is 0.294 e. The van der Waals surface area contributed by atoms with Crippen LogP contribution in [0.25, 0.3) is 0 Å². The molecule has 1 heterocycles. The predicted octanol–water partition coefficient (Wildman–Crippen LogP) is 3.49. The fraction of sp³-hybridized carbons (Fsp3) is 0.312. The number of hydrogen-bond donors (Lipinski definition) is 0. The summed E-state index contributed by atoms with van der Waals surface area (Å²) in [7, 11) is -3.61. The summed E-state index contributed by atoms with van der Waals surface area (Å²) in [5.41, 5.74) is 0.450. The third-order valence-electron chi connectivity index (χ3n) is 3.32. The number of carbonyl (C=O) groups excluding carboxylic acids is 1. The molecule has 0 aliphatic carbocycles. The summed E-state index contributed by atoms with van der Waals surface area (Å²) in [6.45, 7) is 2.08. The van der Waals surface area contributed by atoms with Crippen molar-refractivity contribution in [2.24, 2.45) is 0 Å². The van der Waals surface area contributed by atoms with Gasteiger partial charge in [0.05, 0.1) is 4.90 Å². The summed E-state index contributed by atoms with van der Waals surface area (Å²) < 4.78 is 25.9. The molecule has 0 unspecified atom stereocenters. The van der Waals surface area contributed by atoms with Crippen molar-refractivity contribution in [3.8, 4) is 0 Å². The molecule has 2 rings (SSSR count). The molecule has 0 radical (unpaired) electrons. The highest BCUT2D eigenvalue weighted by atomic mass is 32.2. The number of aromatic nitrogens is 1. The lowest BCUT2D eigenvalue weighted by molar-refractivity contribution is 0.0979. The molecule has 21 heavy (non-hydrogen) atoms. The molecule has 0 aliphatic heterocycles. The Kier molecular flexibility index (Phi) is 4.96. The molecular formula is C16H19NO3S. The van der Waals surface area contributed by atoms with Crippen molar-refractivity contribution < 1.29 is 13.2 Å². The highest BCUT2D eigenvalue weighted by Gasteiger charge is 2.17. The Hall–Kier alpha value is -1.88. The predicted molar refractivity (Wildman–Crippen MR) is 81.9 cm³/mol. The first-order valence-electron chi connectivity index (χ1n) is 7.07. The van der Waals surface area contributed by atoms with Crippen LogP contribution in [0, 0.1) is 0 Å². The van der Waals surface area contributed by atoms with Crippen LogP contribution in [-0.2, 0) is 10.0 Å². The highest BCUT2D eigenvalue weighted by Crippen LogP contribution is 2.16.